The fraction of sp³-hybridized carbons (Fsp3) is 0.409. The van der Waals surface area contributed by atoms with Gasteiger partial charge in [-0.1, -0.05) is 31.4 Å². The highest BCUT2D eigenvalue weighted by Gasteiger charge is 2.23. The Morgan fingerprint density at radius 3 is 2.39 bits per heavy atom. The number of rotatable bonds is 6. The number of anilines is 1. The molecule has 0 saturated heterocycles. The number of amides is 2. The maximum Gasteiger partial charge on any atom is 0.255 e. The van der Waals surface area contributed by atoms with E-state index >= 15 is 0 Å². The summed E-state index contributed by atoms with van der Waals surface area (Å²) in [4.78, 5) is 30.7. The number of aromatic nitrogens is 1. The maximum atomic E-state index is 12.6. The van der Waals surface area contributed by atoms with Gasteiger partial charge in [-0.05, 0) is 42.7 Å². The molecule has 28 heavy (non-hydrogen) atoms. The van der Waals surface area contributed by atoms with Crippen LogP contribution in [0.3, 0.4) is 0 Å². The van der Waals surface area contributed by atoms with E-state index in [1.165, 1.54) is 19.3 Å². The van der Waals surface area contributed by atoms with Crippen molar-refractivity contribution in [2.24, 2.45) is 5.73 Å². The third-order valence-corrected chi connectivity index (χ3v) is 5.45. The largest absolute Gasteiger partial charge is 0.343 e. The van der Waals surface area contributed by atoms with Crippen molar-refractivity contribution < 1.29 is 9.59 Å². The molecule has 2 aromatic rings. The lowest BCUT2D eigenvalue weighted by molar-refractivity contribution is -0.132. The van der Waals surface area contributed by atoms with Gasteiger partial charge in [0, 0.05) is 49.2 Å². The van der Waals surface area contributed by atoms with Crippen LogP contribution in [-0.4, -0.2) is 34.8 Å². The second kappa shape index (κ2) is 9.46. The van der Waals surface area contributed by atoms with Crippen LogP contribution in [0.2, 0.25) is 0 Å². The molecular formula is C22H28N4O2. The molecule has 1 aliphatic carbocycles. The average molecular weight is 380 g/mol. The van der Waals surface area contributed by atoms with E-state index in [0.29, 0.717) is 17.3 Å². The lowest BCUT2D eigenvalue weighted by Gasteiger charge is -2.32. The van der Waals surface area contributed by atoms with Crippen molar-refractivity contribution in [1.82, 2.24) is 9.88 Å². The number of hydrogen-bond donors (Lipinski definition) is 2. The summed E-state index contributed by atoms with van der Waals surface area (Å²) >= 11 is 0. The molecule has 6 nitrogen and oxygen atoms in total. The number of carbonyl (C=O) groups excluding carboxylic acids is 2. The highest BCUT2D eigenvalue weighted by molar-refractivity contribution is 6.04. The number of nitrogens with two attached hydrogens (primary N) is 1. The number of pyridine rings is 1. The molecule has 1 saturated carbocycles. The highest BCUT2D eigenvalue weighted by Crippen LogP contribution is 2.24. The zero-order valence-corrected chi connectivity index (χ0v) is 16.3. The van der Waals surface area contributed by atoms with Gasteiger partial charge >= 0.3 is 0 Å². The topological polar surface area (TPSA) is 88.3 Å². The SMILES string of the molecule is CN(C(=O)CC(N)c1ccc(C(=O)Nc2ccncc2)cc1)C1CCCCC1. The van der Waals surface area contributed by atoms with Crippen molar-refractivity contribution in [3.8, 4) is 0 Å². The molecule has 6 heteroatoms. The first-order chi connectivity index (χ1) is 13.5. The predicted octanol–water partition coefficient (Wildman–Crippen LogP) is 3.51. The van der Waals surface area contributed by atoms with E-state index in [1.807, 2.05) is 24.1 Å². The third-order valence-electron chi connectivity index (χ3n) is 5.45. The van der Waals surface area contributed by atoms with E-state index < -0.39 is 0 Å². The van der Waals surface area contributed by atoms with Crippen LogP contribution < -0.4 is 11.1 Å². The van der Waals surface area contributed by atoms with Crippen LogP contribution in [0.15, 0.2) is 48.8 Å². The van der Waals surface area contributed by atoms with Gasteiger partial charge in [0.2, 0.25) is 5.91 Å². The summed E-state index contributed by atoms with van der Waals surface area (Å²) < 4.78 is 0. The monoisotopic (exact) mass is 380 g/mol. The Morgan fingerprint density at radius 1 is 1.11 bits per heavy atom. The Labute approximate surface area is 166 Å². The Bertz CT molecular complexity index is 786. The first-order valence-corrected chi connectivity index (χ1v) is 9.87. The van der Waals surface area contributed by atoms with Gasteiger partial charge in [0.15, 0.2) is 0 Å². The second-order valence-corrected chi connectivity index (χ2v) is 7.42. The van der Waals surface area contributed by atoms with Gasteiger partial charge in [-0.25, -0.2) is 0 Å². The molecule has 1 unspecified atom stereocenters. The van der Waals surface area contributed by atoms with E-state index in [4.69, 9.17) is 5.73 Å². The van der Waals surface area contributed by atoms with Gasteiger partial charge in [-0.15, -0.1) is 0 Å². The minimum atomic E-state index is -0.379. The van der Waals surface area contributed by atoms with Gasteiger partial charge in [-0.2, -0.15) is 0 Å². The molecule has 1 atom stereocenters. The normalized spacial score (nSPS) is 15.6. The summed E-state index contributed by atoms with van der Waals surface area (Å²) in [6.45, 7) is 0. The molecular weight excluding hydrogens is 352 g/mol. The van der Waals surface area contributed by atoms with Gasteiger partial charge < -0.3 is 16.0 Å². The van der Waals surface area contributed by atoms with Crippen molar-refractivity contribution in [3.63, 3.8) is 0 Å². The Morgan fingerprint density at radius 2 is 1.75 bits per heavy atom. The van der Waals surface area contributed by atoms with Gasteiger partial charge in [0.25, 0.3) is 5.91 Å². The van der Waals surface area contributed by atoms with E-state index in [2.05, 4.69) is 10.3 Å². The predicted molar refractivity (Wildman–Crippen MR) is 110 cm³/mol. The minimum absolute atomic E-state index is 0.0823. The van der Waals surface area contributed by atoms with Crippen LogP contribution in [-0.2, 0) is 4.79 Å². The van der Waals surface area contributed by atoms with Crippen LogP contribution in [0, 0.1) is 0 Å². The summed E-state index contributed by atoms with van der Waals surface area (Å²) in [5.41, 5.74) is 8.34. The lowest BCUT2D eigenvalue weighted by atomic mass is 9.94. The fourth-order valence-corrected chi connectivity index (χ4v) is 3.64. The van der Waals surface area contributed by atoms with Crippen molar-refractivity contribution in [3.05, 3.63) is 59.9 Å². The number of carbonyl (C=O) groups is 2. The molecule has 3 rings (SSSR count). The number of benzene rings is 1. The van der Waals surface area contributed by atoms with Crippen LogP contribution in [0.5, 0.6) is 0 Å². The van der Waals surface area contributed by atoms with E-state index in [1.54, 1.807) is 36.7 Å². The van der Waals surface area contributed by atoms with Gasteiger partial charge in [0.05, 0.1) is 0 Å². The van der Waals surface area contributed by atoms with Crippen LogP contribution in [0.25, 0.3) is 0 Å². The molecule has 1 aliphatic rings. The minimum Gasteiger partial charge on any atom is -0.343 e. The molecule has 0 bridgehead atoms. The maximum absolute atomic E-state index is 12.6. The molecule has 3 N–H and O–H groups in total. The average Bonchev–Trinajstić information content (AvgIpc) is 2.74. The Balaban J connectivity index is 1.56. The third kappa shape index (κ3) is 5.16. The van der Waals surface area contributed by atoms with E-state index in [0.717, 1.165) is 18.4 Å². The molecule has 148 valence electrons. The highest BCUT2D eigenvalue weighted by atomic mass is 16.2. The molecule has 1 aromatic carbocycles. The molecule has 0 aliphatic heterocycles. The van der Waals surface area contributed by atoms with Crippen LogP contribution >= 0.6 is 0 Å². The summed E-state index contributed by atoms with van der Waals surface area (Å²) in [5.74, 6) is -0.113. The molecule has 1 fully saturated rings. The summed E-state index contributed by atoms with van der Waals surface area (Å²) in [5, 5.41) is 2.82. The summed E-state index contributed by atoms with van der Waals surface area (Å²) in [6, 6.07) is 10.5. The van der Waals surface area contributed by atoms with Crippen molar-refractivity contribution in [2.75, 3.05) is 12.4 Å². The molecule has 2 amide bonds. The fourth-order valence-electron chi connectivity index (χ4n) is 3.64. The Hall–Kier alpha value is -2.73. The van der Waals surface area contributed by atoms with Crippen molar-refractivity contribution >= 4 is 17.5 Å². The van der Waals surface area contributed by atoms with Crippen LogP contribution in [0.4, 0.5) is 5.69 Å². The number of nitrogens with one attached hydrogen (secondary N) is 1. The first-order valence-electron chi connectivity index (χ1n) is 9.87. The van der Waals surface area contributed by atoms with Crippen molar-refractivity contribution in [1.29, 1.82) is 0 Å². The quantitative estimate of drug-likeness (QED) is 0.803. The standard InChI is InChI=1S/C22H28N4O2/c1-26(19-5-3-2-4-6-19)21(27)15-20(23)16-7-9-17(10-8-16)22(28)25-18-11-13-24-14-12-18/h7-14,19-20H,2-6,15,23H2,1H3,(H,24,25,28). The molecule has 1 aromatic heterocycles. The number of nitrogens with zero attached hydrogens (tertiary/aromatic N) is 2. The van der Waals surface area contributed by atoms with E-state index in [9.17, 15) is 9.59 Å². The second-order valence-electron chi connectivity index (χ2n) is 7.42. The van der Waals surface area contributed by atoms with Crippen molar-refractivity contribution in [2.45, 2.75) is 50.6 Å². The zero-order valence-electron chi connectivity index (χ0n) is 16.3. The first kappa shape index (κ1) is 20.0. The van der Waals surface area contributed by atoms with Crippen LogP contribution in [0.1, 0.15) is 60.5 Å². The molecule has 1 heterocycles. The molecule has 0 radical (unpaired) electrons. The smallest absolute Gasteiger partial charge is 0.255 e. The lowest BCUT2D eigenvalue weighted by Crippen LogP contribution is -2.39. The number of hydrogen-bond acceptors (Lipinski definition) is 4. The summed E-state index contributed by atoms with van der Waals surface area (Å²) in [7, 11) is 1.89. The Kier molecular flexibility index (Phi) is 6.76. The molecule has 0 spiro atoms. The van der Waals surface area contributed by atoms with Gasteiger partial charge in [0.1, 0.15) is 0 Å². The van der Waals surface area contributed by atoms with Gasteiger partial charge in [-0.3, -0.25) is 14.6 Å². The summed E-state index contributed by atoms with van der Waals surface area (Å²) in [6.07, 6.45) is 9.33. The zero-order chi connectivity index (χ0) is 19.9. The van der Waals surface area contributed by atoms with E-state index in [-0.39, 0.29) is 24.3 Å².